The molecule has 0 aliphatic carbocycles. The van der Waals surface area contributed by atoms with Crippen molar-refractivity contribution in [3.63, 3.8) is 0 Å². The van der Waals surface area contributed by atoms with Gasteiger partial charge in [0.15, 0.2) is 0 Å². The van der Waals surface area contributed by atoms with E-state index < -0.39 is 0 Å². The first-order chi connectivity index (χ1) is 9.06. The van der Waals surface area contributed by atoms with Crippen LogP contribution in [0.2, 0.25) is 0 Å². The molecule has 0 aliphatic heterocycles. The number of nitrogens with one attached hydrogen (secondary N) is 1. The van der Waals surface area contributed by atoms with Gasteiger partial charge in [0.1, 0.15) is 0 Å². The summed E-state index contributed by atoms with van der Waals surface area (Å²) in [6, 6.07) is 15.5. The molecule has 1 N–H and O–H groups in total. The lowest BCUT2D eigenvalue weighted by Crippen LogP contribution is -2.11. The van der Waals surface area contributed by atoms with E-state index in [9.17, 15) is 4.79 Å². The highest BCUT2D eigenvalue weighted by Gasteiger charge is 2.06. The Morgan fingerprint density at radius 1 is 1.00 bits per heavy atom. The van der Waals surface area contributed by atoms with Crippen LogP contribution in [0.25, 0.3) is 0 Å². The number of hydrogen-bond acceptors (Lipinski definition) is 1. The Balaban J connectivity index is 2.08. The van der Waals surface area contributed by atoms with Gasteiger partial charge in [0, 0.05) is 14.8 Å². The second-order valence-electron chi connectivity index (χ2n) is 4.74. The maximum Gasteiger partial charge on any atom is 0.255 e. The molecule has 2 nitrogen and oxygen atoms in total. The molecule has 0 saturated heterocycles. The number of carbonyl (C=O) groups excluding carboxylic acids is 1. The van der Waals surface area contributed by atoms with E-state index in [4.69, 9.17) is 0 Å². The van der Waals surface area contributed by atoms with Gasteiger partial charge in [0.25, 0.3) is 5.91 Å². The van der Waals surface area contributed by atoms with E-state index in [-0.39, 0.29) is 5.91 Å². The van der Waals surface area contributed by atoms with Gasteiger partial charge in [-0.1, -0.05) is 26.0 Å². The zero-order valence-corrected chi connectivity index (χ0v) is 13.1. The van der Waals surface area contributed by atoms with Gasteiger partial charge in [-0.2, -0.15) is 0 Å². The van der Waals surface area contributed by atoms with Crippen molar-refractivity contribution in [1.82, 2.24) is 0 Å². The van der Waals surface area contributed by atoms with Gasteiger partial charge >= 0.3 is 0 Å². The van der Waals surface area contributed by atoms with Crippen molar-refractivity contribution in [2.24, 2.45) is 0 Å². The van der Waals surface area contributed by atoms with Gasteiger partial charge in [-0.3, -0.25) is 4.79 Å². The molecule has 0 aromatic heterocycles. The van der Waals surface area contributed by atoms with E-state index in [2.05, 4.69) is 41.8 Å². The lowest BCUT2D eigenvalue weighted by molar-refractivity contribution is 0.102. The van der Waals surface area contributed by atoms with E-state index in [0.29, 0.717) is 11.5 Å². The van der Waals surface area contributed by atoms with E-state index in [0.717, 1.165) is 9.26 Å². The maximum atomic E-state index is 12.0. The van der Waals surface area contributed by atoms with Crippen molar-refractivity contribution in [3.8, 4) is 0 Å². The van der Waals surface area contributed by atoms with Crippen molar-refractivity contribution < 1.29 is 4.79 Å². The van der Waals surface area contributed by atoms with Gasteiger partial charge in [-0.15, -0.1) is 0 Å². The molecule has 0 saturated carbocycles. The van der Waals surface area contributed by atoms with E-state index in [1.807, 2.05) is 48.5 Å². The zero-order valence-electron chi connectivity index (χ0n) is 11.0. The predicted molar refractivity (Wildman–Crippen MR) is 87.6 cm³/mol. The number of hydrogen-bond donors (Lipinski definition) is 1. The highest BCUT2D eigenvalue weighted by Crippen LogP contribution is 2.17. The van der Waals surface area contributed by atoms with Crippen LogP contribution in [0.5, 0.6) is 0 Å². The fraction of sp³-hybridized carbons (Fsp3) is 0.188. The van der Waals surface area contributed by atoms with Gasteiger partial charge in [-0.25, -0.2) is 0 Å². The summed E-state index contributed by atoms with van der Waals surface area (Å²) in [5, 5.41) is 2.90. The standard InChI is InChI=1S/C16H16INO/c1-11(2)12-5-9-15(10-6-12)18-16(19)13-3-7-14(17)8-4-13/h3-11H,1-2H3,(H,18,19). The molecular formula is C16H16INO. The molecule has 0 spiro atoms. The van der Waals surface area contributed by atoms with Crippen LogP contribution >= 0.6 is 22.6 Å². The summed E-state index contributed by atoms with van der Waals surface area (Å²) in [5.74, 6) is 0.426. The Morgan fingerprint density at radius 3 is 2.11 bits per heavy atom. The number of benzene rings is 2. The van der Waals surface area contributed by atoms with Crippen LogP contribution in [0.3, 0.4) is 0 Å². The third kappa shape index (κ3) is 3.80. The Morgan fingerprint density at radius 2 is 1.58 bits per heavy atom. The first kappa shape index (κ1) is 14.1. The molecule has 98 valence electrons. The second kappa shape index (κ2) is 6.19. The highest BCUT2D eigenvalue weighted by molar-refractivity contribution is 14.1. The normalized spacial score (nSPS) is 10.5. The number of carbonyl (C=O) groups is 1. The summed E-state index contributed by atoms with van der Waals surface area (Å²) in [6.07, 6.45) is 0. The molecule has 0 fully saturated rings. The minimum absolute atomic E-state index is 0.0753. The molecule has 2 rings (SSSR count). The van der Waals surface area contributed by atoms with Crippen molar-refractivity contribution >= 4 is 34.2 Å². The Labute approximate surface area is 127 Å². The fourth-order valence-electron chi connectivity index (χ4n) is 1.76. The topological polar surface area (TPSA) is 29.1 Å². The molecule has 0 radical (unpaired) electrons. The molecule has 0 aliphatic rings. The monoisotopic (exact) mass is 365 g/mol. The molecule has 2 aromatic rings. The van der Waals surface area contributed by atoms with Crippen LogP contribution in [-0.4, -0.2) is 5.91 Å². The van der Waals surface area contributed by atoms with Crippen molar-refractivity contribution in [2.75, 3.05) is 5.32 Å². The number of anilines is 1. The second-order valence-corrected chi connectivity index (χ2v) is 5.98. The van der Waals surface area contributed by atoms with E-state index in [1.165, 1.54) is 5.56 Å². The average Bonchev–Trinajstić information content (AvgIpc) is 2.40. The Hall–Kier alpha value is -1.36. The minimum Gasteiger partial charge on any atom is -0.322 e. The molecule has 19 heavy (non-hydrogen) atoms. The summed E-state index contributed by atoms with van der Waals surface area (Å²) in [5.41, 5.74) is 2.77. The molecule has 0 unspecified atom stereocenters. The van der Waals surface area contributed by atoms with E-state index >= 15 is 0 Å². The first-order valence-electron chi connectivity index (χ1n) is 6.23. The van der Waals surface area contributed by atoms with Crippen LogP contribution < -0.4 is 5.32 Å². The third-order valence-electron chi connectivity index (χ3n) is 2.94. The smallest absolute Gasteiger partial charge is 0.255 e. The molecule has 0 bridgehead atoms. The van der Waals surface area contributed by atoms with Gasteiger partial charge in [0.2, 0.25) is 0 Å². The summed E-state index contributed by atoms with van der Waals surface area (Å²) in [6.45, 7) is 4.30. The van der Waals surface area contributed by atoms with Gasteiger partial charge in [-0.05, 0) is 70.5 Å². The Bertz CT molecular complexity index is 558. The Kier molecular flexibility index (Phi) is 4.58. The molecule has 1 amide bonds. The molecule has 0 heterocycles. The van der Waals surface area contributed by atoms with Gasteiger partial charge < -0.3 is 5.32 Å². The predicted octanol–water partition coefficient (Wildman–Crippen LogP) is 4.67. The zero-order chi connectivity index (χ0) is 13.8. The van der Waals surface area contributed by atoms with E-state index in [1.54, 1.807) is 0 Å². The van der Waals surface area contributed by atoms with Crippen LogP contribution in [0.4, 0.5) is 5.69 Å². The average molecular weight is 365 g/mol. The minimum atomic E-state index is -0.0753. The molecular weight excluding hydrogens is 349 g/mol. The summed E-state index contributed by atoms with van der Waals surface area (Å²) in [4.78, 5) is 12.0. The largest absolute Gasteiger partial charge is 0.322 e. The lowest BCUT2D eigenvalue weighted by Gasteiger charge is -2.08. The SMILES string of the molecule is CC(C)c1ccc(NC(=O)c2ccc(I)cc2)cc1. The van der Waals surface area contributed by atoms with Crippen LogP contribution in [0, 0.1) is 3.57 Å². The van der Waals surface area contributed by atoms with Crippen molar-refractivity contribution in [1.29, 1.82) is 0 Å². The quantitative estimate of drug-likeness (QED) is 0.788. The van der Waals surface area contributed by atoms with Crippen molar-refractivity contribution in [3.05, 3.63) is 63.2 Å². The highest BCUT2D eigenvalue weighted by atomic mass is 127. The summed E-state index contributed by atoms with van der Waals surface area (Å²) in [7, 11) is 0. The molecule has 0 atom stereocenters. The van der Waals surface area contributed by atoms with Crippen LogP contribution in [0.15, 0.2) is 48.5 Å². The molecule has 3 heteroatoms. The maximum absolute atomic E-state index is 12.0. The van der Waals surface area contributed by atoms with Gasteiger partial charge in [0.05, 0.1) is 0 Å². The summed E-state index contributed by atoms with van der Waals surface area (Å²) < 4.78 is 1.12. The first-order valence-corrected chi connectivity index (χ1v) is 7.31. The third-order valence-corrected chi connectivity index (χ3v) is 3.66. The fourth-order valence-corrected chi connectivity index (χ4v) is 2.12. The van der Waals surface area contributed by atoms with Crippen LogP contribution in [-0.2, 0) is 0 Å². The number of rotatable bonds is 3. The number of amides is 1. The summed E-state index contributed by atoms with van der Waals surface area (Å²) >= 11 is 2.22. The lowest BCUT2D eigenvalue weighted by atomic mass is 10.0. The number of halogens is 1. The van der Waals surface area contributed by atoms with Crippen LogP contribution in [0.1, 0.15) is 35.7 Å². The molecule has 2 aromatic carbocycles. The van der Waals surface area contributed by atoms with Crippen molar-refractivity contribution in [2.45, 2.75) is 19.8 Å².